The monoisotopic (exact) mass is 328 g/mol. The molecule has 0 saturated carbocycles. The number of aryl methyl sites for hydroxylation is 1. The Labute approximate surface area is 137 Å². The van der Waals surface area contributed by atoms with Gasteiger partial charge in [-0.3, -0.25) is 4.79 Å². The smallest absolute Gasteiger partial charge is 0.292 e. The maximum absolute atomic E-state index is 12.3. The van der Waals surface area contributed by atoms with Gasteiger partial charge in [-0.05, 0) is 18.6 Å². The van der Waals surface area contributed by atoms with Crippen molar-refractivity contribution < 1.29 is 9.32 Å². The van der Waals surface area contributed by atoms with Crippen molar-refractivity contribution in [2.24, 2.45) is 0 Å². The molecule has 0 N–H and O–H groups in total. The second kappa shape index (κ2) is 5.66. The molecule has 118 valence electrons. The Hall–Kier alpha value is -2.41. The van der Waals surface area contributed by atoms with Crippen LogP contribution in [0.15, 0.2) is 35.0 Å². The molecule has 7 heteroatoms. The summed E-state index contributed by atoms with van der Waals surface area (Å²) in [6, 6.07) is 7.85. The first-order chi connectivity index (χ1) is 11.2. The zero-order chi connectivity index (χ0) is 15.8. The number of amides is 1. The predicted molar refractivity (Wildman–Crippen MR) is 89.0 cm³/mol. The standard InChI is InChI=1S/C16H16N4O2S/c1-11-3-2-4-13-14(11)18-16(23-13)20-9-7-19(8-10-20)15(21)12-5-6-17-22-12/h2-6H,7-10H2,1H3. The molecule has 3 aromatic rings. The zero-order valence-corrected chi connectivity index (χ0v) is 13.5. The number of anilines is 1. The Balaban J connectivity index is 1.48. The van der Waals surface area contributed by atoms with E-state index in [9.17, 15) is 4.79 Å². The minimum atomic E-state index is -0.0951. The summed E-state index contributed by atoms with van der Waals surface area (Å²) in [5, 5.41) is 4.62. The Bertz CT molecular complexity index is 835. The number of carbonyl (C=O) groups excluding carboxylic acids is 1. The quantitative estimate of drug-likeness (QED) is 0.723. The van der Waals surface area contributed by atoms with Crippen molar-refractivity contribution in [3.63, 3.8) is 0 Å². The summed E-state index contributed by atoms with van der Waals surface area (Å²) in [4.78, 5) is 21.1. The van der Waals surface area contributed by atoms with Gasteiger partial charge in [-0.15, -0.1) is 0 Å². The Kier molecular flexibility index (Phi) is 3.49. The van der Waals surface area contributed by atoms with Crippen molar-refractivity contribution in [2.75, 3.05) is 31.1 Å². The van der Waals surface area contributed by atoms with Crippen molar-refractivity contribution in [2.45, 2.75) is 6.92 Å². The van der Waals surface area contributed by atoms with Crippen LogP contribution in [0.5, 0.6) is 0 Å². The van der Waals surface area contributed by atoms with Crippen LogP contribution < -0.4 is 4.90 Å². The SMILES string of the molecule is Cc1cccc2sc(N3CCN(C(=O)c4ccno4)CC3)nc12. The summed E-state index contributed by atoms with van der Waals surface area (Å²) in [6.07, 6.45) is 1.49. The van der Waals surface area contributed by atoms with E-state index in [-0.39, 0.29) is 5.91 Å². The molecule has 1 aliphatic rings. The topological polar surface area (TPSA) is 62.5 Å². The summed E-state index contributed by atoms with van der Waals surface area (Å²) in [5.74, 6) is 0.205. The van der Waals surface area contributed by atoms with E-state index in [0.717, 1.165) is 23.7 Å². The molecule has 0 bridgehead atoms. The van der Waals surface area contributed by atoms with Crippen LogP contribution in [0.2, 0.25) is 0 Å². The van der Waals surface area contributed by atoms with Crippen molar-refractivity contribution in [3.05, 3.63) is 41.8 Å². The van der Waals surface area contributed by atoms with E-state index in [2.05, 4.69) is 35.2 Å². The van der Waals surface area contributed by atoms with Crippen molar-refractivity contribution >= 4 is 32.6 Å². The summed E-state index contributed by atoms with van der Waals surface area (Å²) in [6.45, 7) is 4.96. The molecular weight excluding hydrogens is 312 g/mol. The fourth-order valence-electron chi connectivity index (χ4n) is 2.79. The number of piperazine rings is 1. The van der Waals surface area contributed by atoms with Gasteiger partial charge in [0.2, 0.25) is 5.76 Å². The number of thiazole rings is 1. The minimum Gasteiger partial charge on any atom is -0.351 e. The number of aromatic nitrogens is 2. The third kappa shape index (κ3) is 2.57. The highest BCUT2D eigenvalue weighted by Gasteiger charge is 2.25. The van der Waals surface area contributed by atoms with Crippen LogP contribution in [-0.4, -0.2) is 47.1 Å². The van der Waals surface area contributed by atoms with E-state index in [0.29, 0.717) is 18.8 Å². The molecule has 6 nitrogen and oxygen atoms in total. The maximum Gasteiger partial charge on any atom is 0.292 e. The second-order valence-electron chi connectivity index (χ2n) is 5.57. The van der Waals surface area contributed by atoms with Crippen LogP contribution in [0, 0.1) is 6.92 Å². The van der Waals surface area contributed by atoms with Crippen LogP contribution >= 0.6 is 11.3 Å². The van der Waals surface area contributed by atoms with E-state index < -0.39 is 0 Å². The fraction of sp³-hybridized carbons (Fsp3) is 0.312. The Morgan fingerprint density at radius 2 is 2.04 bits per heavy atom. The lowest BCUT2D eigenvalue weighted by atomic mass is 10.2. The van der Waals surface area contributed by atoms with Gasteiger partial charge in [-0.25, -0.2) is 4.98 Å². The van der Waals surface area contributed by atoms with Crippen molar-refractivity contribution in [3.8, 4) is 0 Å². The molecule has 1 aliphatic heterocycles. The molecule has 4 rings (SSSR count). The van der Waals surface area contributed by atoms with Crippen LogP contribution in [0.3, 0.4) is 0 Å². The average molecular weight is 328 g/mol. The molecular formula is C16H16N4O2S. The number of rotatable bonds is 2. The van der Waals surface area contributed by atoms with E-state index in [1.807, 2.05) is 0 Å². The predicted octanol–water partition coefficient (Wildman–Crippen LogP) is 2.56. The fourth-order valence-corrected chi connectivity index (χ4v) is 3.89. The van der Waals surface area contributed by atoms with Gasteiger partial charge in [0.25, 0.3) is 5.91 Å². The highest BCUT2D eigenvalue weighted by molar-refractivity contribution is 7.22. The summed E-state index contributed by atoms with van der Waals surface area (Å²) in [5.41, 5.74) is 2.27. The lowest BCUT2D eigenvalue weighted by Gasteiger charge is -2.33. The molecule has 3 heterocycles. The Morgan fingerprint density at radius 3 is 2.74 bits per heavy atom. The highest BCUT2D eigenvalue weighted by atomic mass is 32.1. The van der Waals surface area contributed by atoms with Gasteiger partial charge in [0, 0.05) is 32.2 Å². The molecule has 1 amide bonds. The van der Waals surface area contributed by atoms with Gasteiger partial charge < -0.3 is 14.3 Å². The average Bonchev–Trinajstić information content (AvgIpc) is 3.24. The molecule has 0 spiro atoms. The first-order valence-electron chi connectivity index (χ1n) is 7.53. The van der Waals surface area contributed by atoms with Crippen LogP contribution in [0.4, 0.5) is 5.13 Å². The molecule has 0 unspecified atom stereocenters. The van der Waals surface area contributed by atoms with Crippen molar-refractivity contribution in [1.29, 1.82) is 0 Å². The molecule has 0 atom stereocenters. The minimum absolute atomic E-state index is 0.0951. The highest BCUT2D eigenvalue weighted by Crippen LogP contribution is 2.31. The first kappa shape index (κ1) is 14.2. The lowest BCUT2D eigenvalue weighted by molar-refractivity contribution is 0.0705. The van der Waals surface area contributed by atoms with Gasteiger partial charge in [0.1, 0.15) is 0 Å². The first-order valence-corrected chi connectivity index (χ1v) is 8.35. The summed E-state index contributed by atoms with van der Waals surface area (Å²) >= 11 is 1.71. The van der Waals surface area contributed by atoms with Crippen LogP contribution in [0.25, 0.3) is 10.2 Å². The number of fused-ring (bicyclic) bond motifs is 1. The summed E-state index contributed by atoms with van der Waals surface area (Å²) < 4.78 is 6.16. The normalized spacial score (nSPS) is 15.3. The van der Waals surface area contributed by atoms with Gasteiger partial charge in [-0.2, -0.15) is 0 Å². The molecule has 2 aromatic heterocycles. The lowest BCUT2D eigenvalue weighted by Crippen LogP contribution is -2.48. The van der Waals surface area contributed by atoms with Crippen molar-refractivity contribution in [1.82, 2.24) is 15.0 Å². The van der Waals surface area contributed by atoms with Crippen LogP contribution in [0.1, 0.15) is 16.1 Å². The number of hydrogen-bond donors (Lipinski definition) is 0. The van der Waals surface area contributed by atoms with E-state index in [1.54, 1.807) is 22.3 Å². The number of carbonyl (C=O) groups is 1. The van der Waals surface area contributed by atoms with Crippen LogP contribution in [-0.2, 0) is 0 Å². The Morgan fingerprint density at radius 1 is 1.22 bits per heavy atom. The van der Waals surface area contributed by atoms with E-state index in [1.165, 1.54) is 16.5 Å². The maximum atomic E-state index is 12.3. The molecule has 1 fully saturated rings. The van der Waals surface area contributed by atoms with Gasteiger partial charge in [-0.1, -0.05) is 28.6 Å². The third-order valence-corrected chi connectivity index (χ3v) is 5.18. The summed E-state index contributed by atoms with van der Waals surface area (Å²) in [7, 11) is 0. The van der Waals surface area contributed by atoms with E-state index in [4.69, 9.17) is 9.51 Å². The van der Waals surface area contributed by atoms with Gasteiger partial charge >= 0.3 is 0 Å². The zero-order valence-electron chi connectivity index (χ0n) is 12.7. The molecule has 0 aliphatic carbocycles. The largest absolute Gasteiger partial charge is 0.351 e. The third-order valence-electron chi connectivity index (χ3n) is 4.10. The van der Waals surface area contributed by atoms with Gasteiger partial charge in [0.05, 0.1) is 16.4 Å². The number of hydrogen-bond acceptors (Lipinski definition) is 6. The number of benzene rings is 1. The van der Waals surface area contributed by atoms with Gasteiger partial charge in [0.15, 0.2) is 5.13 Å². The molecule has 1 aromatic carbocycles. The number of nitrogens with zero attached hydrogens (tertiary/aromatic N) is 4. The molecule has 0 radical (unpaired) electrons. The second-order valence-corrected chi connectivity index (χ2v) is 6.58. The molecule has 23 heavy (non-hydrogen) atoms. The number of para-hydroxylation sites is 1. The molecule has 1 saturated heterocycles. The van der Waals surface area contributed by atoms with E-state index >= 15 is 0 Å².